The maximum Gasteiger partial charge on any atom is 0.258 e. The topological polar surface area (TPSA) is 60.8 Å². The summed E-state index contributed by atoms with van der Waals surface area (Å²) < 4.78 is 0. The van der Waals surface area contributed by atoms with Crippen molar-refractivity contribution in [3.63, 3.8) is 0 Å². The summed E-state index contributed by atoms with van der Waals surface area (Å²) in [5, 5.41) is 19.3. The highest BCUT2D eigenvalue weighted by atomic mass is 16.3. The average Bonchev–Trinajstić information content (AvgIpc) is 2.48. The molecule has 0 fully saturated rings. The molecule has 0 saturated heterocycles. The largest absolute Gasteiger partial charge is 0.508 e. The number of aromatic hydroxyl groups is 1. The molecule has 0 bridgehead atoms. The van der Waals surface area contributed by atoms with Gasteiger partial charge in [-0.3, -0.25) is 4.79 Å². The van der Waals surface area contributed by atoms with Gasteiger partial charge in [0.2, 0.25) is 0 Å². The second-order valence-electron chi connectivity index (χ2n) is 4.87. The first-order valence-corrected chi connectivity index (χ1v) is 6.55. The monoisotopic (exact) mass is 269 g/mol. The van der Waals surface area contributed by atoms with Crippen molar-refractivity contribution in [2.24, 2.45) is 0 Å². The van der Waals surface area contributed by atoms with Crippen molar-refractivity contribution in [2.45, 2.75) is 12.5 Å². The van der Waals surface area contributed by atoms with Crippen molar-refractivity contribution < 1.29 is 15.0 Å². The molecule has 1 unspecified atom stereocenters. The summed E-state index contributed by atoms with van der Waals surface area (Å²) in [6, 6.07) is 13.6. The van der Waals surface area contributed by atoms with Crippen LogP contribution in [0.25, 0.3) is 0 Å². The van der Waals surface area contributed by atoms with E-state index >= 15 is 0 Å². The lowest BCUT2D eigenvalue weighted by Gasteiger charge is -2.32. The van der Waals surface area contributed by atoms with Gasteiger partial charge in [0.25, 0.3) is 5.91 Å². The van der Waals surface area contributed by atoms with Gasteiger partial charge in [0, 0.05) is 23.4 Å². The van der Waals surface area contributed by atoms with Gasteiger partial charge in [0.05, 0.1) is 6.10 Å². The van der Waals surface area contributed by atoms with Crippen LogP contribution in [0.2, 0.25) is 0 Å². The fraction of sp³-hybridized carbons (Fsp3) is 0.188. The minimum Gasteiger partial charge on any atom is -0.508 e. The molecular formula is C16H15NO3. The SMILES string of the molecule is O=C(c1ccc(O)cc1)N1CCC(O)c2ccccc21. The zero-order valence-corrected chi connectivity index (χ0v) is 10.9. The van der Waals surface area contributed by atoms with Gasteiger partial charge in [-0.25, -0.2) is 0 Å². The molecule has 1 amide bonds. The van der Waals surface area contributed by atoms with Crippen molar-refractivity contribution in [2.75, 3.05) is 11.4 Å². The van der Waals surface area contributed by atoms with Crippen LogP contribution >= 0.6 is 0 Å². The van der Waals surface area contributed by atoms with Crippen LogP contribution in [0.15, 0.2) is 48.5 Å². The van der Waals surface area contributed by atoms with Crippen LogP contribution < -0.4 is 4.90 Å². The number of nitrogens with zero attached hydrogens (tertiary/aromatic N) is 1. The number of anilines is 1. The summed E-state index contributed by atoms with van der Waals surface area (Å²) in [4.78, 5) is 14.2. The number of aliphatic hydroxyl groups excluding tert-OH is 1. The van der Waals surface area contributed by atoms with Gasteiger partial charge in [-0.2, -0.15) is 0 Å². The Balaban J connectivity index is 1.97. The number of rotatable bonds is 1. The number of aliphatic hydroxyl groups is 1. The number of phenols is 1. The van der Waals surface area contributed by atoms with Crippen LogP contribution in [0.3, 0.4) is 0 Å². The third-order valence-corrected chi connectivity index (χ3v) is 3.57. The maximum atomic E-state index is 12.5. The van der Waals surface area contributed by atoms with Crippen LogP contribution in [0.5, 0.6) is 5.75 Å². The van der Waals surface area contributed by atoms with E-state index in [4.69, 9.17) is 0 Å². The number of hydrogen-bond donors (Lipinski definition) is 2. The molecule has 20 heavy (non-hydrogen) atoms. The molecule has 0 aliphatic carbocycles. The Labute approximate surface area is 116 Å². The van der Waals surface area contributed by atoms with E-state index in [2.05, 4.69) is 0 Å². The molecule has 1 atom stereocenters. The Kier molecular flexibility index (Phi) is 3.16. The van der Waals surface area contributed by atoms with Crippen LogP contribution in [-0.4, -0.2) is 22.7 Å². The first kappa shape index (κ1) is 12.7. The maximum absolute atomic E-state index is 12.5. The molecule has 0 aromatic heterocycles. The molecule has 2 N–H and O–H groups in total. The van der Waals surface area contributed by atoms with Crippen molar-refractivity contribution in [1.82, 2.24) is 0 Å². The number of para-hydroxylation sites is 1. The molecule has 1 heterocycles. The Bertz CT molecular complexity index is 636. The van der Waals surface area contributed by atoms with E-state index in [0.717, 1.165) is 11.3 Å². The molecule has 1 aliphatic heterocycles. The predicted molar refractivity (Wildman–Crippen MR) is 75.8 cm³/mol. The van der Waals surface area contributed by atoms with Crippen LogP contribution in [-0.2, 0) is 0 Å². The first-order chi connectivity index (χ1) is 9.66. The van der Waals surface area contributed by atoms with Crippen LogP contribution in [0.4, 0.5) is 5.69 Å². The van der Waals surface area contributed by atoms with Gasteiger partial charge in [0.15, 0.2) is 0 Å². The Hall–Kier alpha value is -2.33. The van der Waals surface area contributed by atoms with Gasteiger partial charge < -0.3 is 15.1 Å². The van der Waals surface area contributed by atoms with E-state index in [1.807, 2.05) is 24.3 Å². The Morgan fingerprint density at radius 3 is 2.55 bits per heavy atom. The number of amides is 1. The molecule has 0 spiro atoms. The van der Waals surface area contributed by atoms with Gasteiger partial charge in [-0.15, -0.1) is 0 Å². The molecule has 0 saturated carbocycles. The molecule has 4 heteroatoms. The molecule has 1 aliphatic rings. The molecule has 4 nitrogen and oxygen atoms in total. The second kappa shape index (κ2) is 4.98. The first-order valence-electron chi connectivity index (χ1n) is 6.55. The molecule has 102 valence electrons. The normalized spacial score (nSPS) is 17.6. The molecule has 3 rings (SSSR count). The van der Waals surface area contributed by atoms with E-state index < -0.39 is 6.10 Å². The van der Waals surface area contributed by atoms with Gasteiger partial charge in [0.1, 0.15) is 5.75 Å². The zero-order valence-electron chi connectivity index (χ0n) is 10.9. The summed E-state index contributed by atoms with van der Waals surface area (Å²) in [7, 11) is 0. The summed E-state index contributed by atoms with van der Waals surface area (Å²) in [5.41, 5.74) is 2.06. The zero-order chi connectivity index (χ0) is 14.1. The van der Waals surface area contributed by atoms with Crippen molar-refractivity contribution in [3.8, 4) is 5.75 Å². The Morgan fingerprint density at radius 1 is 1.10 bits per heavy atom. The second-order valence-corrected chi connectivity index (χ2v) is 4.87. The summed E-state index contributed by atoms with van der Waals surface area (Å²) in [6.07, 6.45) is 0.0102. The van der Waals surface area contributed by atoms with Crippen molar-refractivity contribution >= 4 is 11.6 Å². The molecule has 2 aromatic carbocycles. The highest BCUT2D eigenvalue weighted by Crippen LogP contribution is 2.34. The summed E-state index contributed by atoms with van der Waals surface area (Å²) >= 11 is 0. The quantitative estimate of drug-likeness (QED) is 0.836. The van der Waals surface area contributed by atoms with Crippen molar-refractivity contribution in [3.05, 3.63) is 59.7 Å². The van der Waals surface area contributed by atoms with E-state index in [-0.39, 0.29) is 11.7 Å². The third-order valence-electron chi connectivity index (χ3n) is 3.57. The number of carbonyl (C=O) groups is 1. The minimum absolute atomic E-state index is 0.121. The lowest BCUT2D eigenvalue weighted by atomic mass is 9.98. The standard InChI is InChI=1S/C16H15NO3/c18-12-7-5-11(6-8-12)16(20)17-10-9-15(19)13-3-1-2-4-14(13)17/h1-8,15,18-19H,9-10H2. The van der Waals surface area contributed by atoms with E-state index in [1.54, 1.807) is 17.0 Å². The van der Waals surface area contributed by atoms with Gasteiger partial charge in [-0.05, 0) is 36.8 Å². The third kappa shape index (κ3) is 2.14. The summed E-state index contributed by atoms with van der Waals surface area (Å²) in [6.45, 7) is 0.484. The van der Waals surface area contributed by atoms with E-state index in [0.29, 0.717) is 18.5 Å². The Morgan fingerprint density at radius 2 is 1.80 bits per heavy atom. The fourth-order valence-corrected chi connectivity index (χ4v) is 2.51. The number of carbonyl (C=O) groups excluding carboxylic acids is 1. The molecule has 0 radical (unpaired) electrons. The fourth-order valence-electron chi connectivity index (χ4n) is 2.51. The predicted octanol–water partition coefficient (Wildman–Crippen LogP) is 2.48. The van der Waals surface area contributed by atoms with Gasteiger partial charge >= 0.3 is 0 Å². The number of phenolic OH excluding ortho intramolecular Hbond substituents is 1. The van der Waals surface area contributed by atoms with E-state index in [1.165, 1.54) is 12.1 Å². The number of benzene rings is 2. The average molecular weight is 269 g/mol. The van der Waals surface area contributed by atoms with Crippen LogP contribution in [0, 0.1) is 0 Å². The number of fused-ring (bicyclic) bond motifs is 1. The molecular weight excluding hydrogens is 254 g/mol. The molecule has 2 aromatic rings. The lowest BCUT2D eigenvalue weighted by Crippen LogP contribution is -2.36. The van der Waals surface area contributed by atoms with E-state index in [9.17, 15) is 15.0 Å². The smallest absolute Gasteiger partial charge is 0.258 e. The summed E-state index contributed by atoms with van der Waals surface area (Å²) in [5.74, 6) is 0.0142. The lowest BCUT2D eigenvalue weighted by molar-refractivity contribution is 0.0970. The van der Waals surface area contributed by atoms with Gasteiger partial charge in [-0.1, -0.05) is 18.2 Å². The highest BCUT2D eigenvalue weighted by Gasteiger charge is 2.27. The highest BCUT2D eigenvalue weighted by molar-refractivity contribution is 6.06. The van der Waals surface area contributed by atoms with Crippen molar-refractivity contribution in [1.29, 1.82) is 0 Å². The number of hydrogen-bond acceptors (Lipinski definition) is 3. The minimum atomic E-state index is -0.518. The van der Waals surface area contributed by atoms with Crippen LogP contribution in [0.1, 0.15) is 28.4 Å².